The predicted octanol–water partition coefficient (Wildman–Crippen LogP) is 4.90. The summed E-state index contributed by atoms with van der Waals surface area (Å²) in [5.74, 6) is 1.02. The number of nitrogens with zero attached hydrogens (tertiary/aromatic N) is 2. The van der Waals surface area contributed by atoms with E-state index in [0.717, 1.165) is 45.3 Å². The highest BCUT2D eigenvalue weighted by Gasteiger charge is 2.26. The van der Waals surface area contributed by atoms with Crippen molar-refractivity contribution in [2.24, 2.45) is 5.92 Å². The van der Waals surface area contributed by atoms with Gasteiger partial charge in [-0.25, -0.2) is 0 Å². The molecule has 5 nitrogen and oxygen atoms in total. The maximum atomic E-state index is 12.9. The van der Waals surface area contributed by atoms with Gasteiger partial charge in [-0.05, 0) is 62.4 Å². The quantitative estimate of drug-likeness (QED) is 0.664. The summed E-state index contributed by atoms with van der Waals surface area (Å²) in [7, 11) is 0. The second kappa shape index (κ2) is 10.2. The summed E-state index contributed by atoms with van der Waals surface area (Å²) in [5.41, 5.74) is 1.23. The van der Waals surface area contributed by atoms with E-state index in [-0.39, 0.29) is 17.7 Å². The highest BCUT2D eigenvalue weighted by atomic mass is 35.5. The van der Waals surface area contributed by atoms with Gasteiger partial charge in [0.2, 0.25) is 0 Å². The van der Waals surface area contributed by atoms with Crippen LogP contribution >= 0.6 is 11.6 Å². The van der Waals surface area contributed by atoms with Gasteiger partial charge in [-0.1, -0.05) is 29.8 Å². The van der Waals surface area contributed by atoms with Gasteiger partial charge in [-0.2, -0.15) is 0 Å². The van der Waals surface area contributed by atoms with Crippen molar-refractivity contribution in [2.75, 3.05) is 32.8 Å². The minimum atomic E-state index is -0.0237. The van der Waals surface area contributed by atoms with Crippen LogP contribution in [0, 0.1) is 5.92 Å². The first-order valence-electron chi connectivity index (χ1n) is 11.2. The van der Waals surface area contributed by atoms with Crippen molar-refractivity contribution in [1.29, 1.82) is 0 Å². The van der Waals surface area contributed by atoms with E-state index in [4.69, 9.17) is 16.3 Å². The number of benzene rings is 2. The van der Waals surface area contributed by atoms with E-state index < -0.39 is 0 Å². The lowest BCUT2D eigenvalue weighted by molar-refractivity contribution is 0.0632. The van der Waals surface area contributed by atoms with Gasteiger partial charge in [0.1, 0.15) is 5.75 Å². The smallest absolute Gasteiger partial charge is 0.255 e. The summed E-state index contributed by atoms with van der Waals surface area (Å²) in [4.78, 5) is 29.4. The summed E-state index contributed by atoms with van der Waals surface area (Å²) < 4.78 is 6.05. The first-order valence-corrected chi connectivity index (χ1v) is 11.6. The molecule has 0 saturated carbocycles. The van der Waals surface area contributed by atoms with Crippen LogP contribution in [-0.2, 0) is 0 Å². The van der Waals surface area contributed by atoms with E-state index in [9.17, 15) is 9.59 Å². The number of carbonyl (C=O) groups excluding carboxylic acids is 2. The van der Waals surface area contributed by atoms with E-state index in [1.165, 1.54) is 6.42 Å². The van der Waals surface area contributed by atoms with Crippen LogP contribution in [0.25, 0.3) is 0 Å². The zero-order chi connectivity index (χ0) is 21.6. The number of amides is 2. The van der Waals surface area contributed by atoms with Crippen LogP contribution in [0.5, 0.6) is 5.75 Å². The molecule has 2 aliphatic heterocycles. The minimum Gasteiger partial charge on any atom is -0.493 e. The molecule has 0 aliphatic carbocycles. The number of rotatable bonds is 5. The molecule has 2 aromatic rings. The van der Waals surface area contributed by atoms with Gasteiger partial charge in [-0.15, -0.1) is 0 Å². The molecule has 2 aliphatic rings. The molecular formula is C25H29ClN2O3. The Morgan fingerprint density at radius 3 is 2.48 bits per heavy atom. The highest BCUT2D eigenvalue weighted by molar-refractivity contribution is 6.33. The molecule has 1 unspecified atom stereocenters. The van der Waals surface area contributed by atoms with E-state index in [0.29, 0.717) is 35.1 Å². The van der Waals surface area contributed by atoms with Crippen molar-refractivity contribution >= 4 is 23.4 Å². The second-order valence-corrected chi connectivity index (χ2v) is 8.84. The van der Waals surface area contributed by atoms with Crippen LogP contribution in [0.3, 0.4) is 0 Å². The first kappa shape index (κ1) is 21.7. The number of hydrogen-bond acceptors (Lipinski definition) is 3. The normalized spacial score (nSPS) is 19.2. The Morgan fingerprint density at radius 1 is 0.903 bits per heavy atom. The third kappa shape index (κ3) is 5.40. The van der Waals surface area contributed by atoms with Crippen LogP contribution in [0.1, 0.15) is 52.8 Å². The third-order valence-electron chi connectivity index (χ3n) is 6.12. The molecular weight excluding hydrogens is 412 g/mol. The number of ether oxygens (including phenoxy) is 1. The zero-order valence-corrected chi connectivity index (χ0v) is 18.5. The Hall–Kier alpha value is -2.53. The van der Waals surface area contributed by atoms with E-state index >= 15 is 0 Å². The fraction of sp³-hybridized carbons (Fsp3) is 0.440. The summed E-state index contributed by atoms with van der Waals surface area (Å²) in [6.45, 7) is 3.58. The van der Waals surface area contributed by atoms with Crippen molar-refractivity contribution in [3.05, 3.63) is 64.7 Å². The van der Waals surface area contributed by atoms with Crippen LogP contribution in [0.15, 0.2) is 48.5 Å². The molecule has 2 amide bonds. The molecule has 6 heteroatoms. The molecule has 0 N–H and O–H groups in total. The predicted molar refractivity (Wildman–Crippen MR) is 122 cm³/mol. The Bertz CT molecular complexity index is 926. The molecule has 0 aromatic heterocycles. The van der Waals surface area contributed by atoms with Crippen molar-refractivity contribution in [2.45, 2.75) is 32.1 Å². The monoisotopic (exact) mass is 440 g/mol. The molecule has 0 spiro atoms. The summed E-state index contributed by atoms with van der Waals surface area (Å²) in [6, 6.07) is 14.6. The summed E-state index contributed by atoms with van der Waals surface area (Å²) in [5, 5.41) is 0.487. The van der Waals surface area contributed by atoms with E-state index in [1.807, 2.05) is 46.2 Å². The standard InChI is InChI=1S/C25H29ClN2O3/c26-23-12-3-2-11-22(23)25(30)28-15-7-8-19(17-28)18-31-21-10-6-9-20(16-21)24(29)27-13-4-1-5-14-27/h2-3,6,9-12,16,19H,1,4-5,7-8,13-15,17-18H2. The Labute approximate surface area is 188 Å². The van der Waals surface area contributed by atoms with Gasteiger partial charge in [0.15, 0.2) is 0 Å². The highest BCUT2D eigenvalue weighted by Crippen LogP contribution is 2.24. The van der Waals surface area contributed by atoms with Gasteiger partial charge in [-0.3, -0.25) is 9.59 Å². The zero-order valence-electron chi connectivity index (χ0n) is 17.8. The van der Waals surface area contributed by atoms with Crippen molar-refractivity contribution < 1.29 is 14.3 Å². The summed E-state index contributed by atoms with van der Waals surface area (Å²) >= 11 is 6.21. The average molecular weight is 441 g/mol. The van der Waals surface area contributed by atoms with Crippen LogP contribution in [0.4, 0.5) is 0 Å². The SMILES string of the molecule is O=C(c1cccc(OCC2CCCN(C(=O)c3ccccc3Cl)C2)c1)N1CCCCC1. The molecule has 164 valence electrons. The Balaban J connectivity index is 1.34. The average Bonchev–Trinajstić information content (AvgIpc) is 2.83. The molecule has 4 rings (SSSR count). The van der Waals surface area contributed by atoms with Gasteiger partial charge < -0.3 is 14.5 Å². The lowest BCUT2D eigenvalue weighted by atomic mass is 9.98. The molecule has 0 bridgehead atoms. The van der Waals surface area contributed by atoms with Crippen LogP contribution in [-0.4, -0.2) is 54.4 Å². The van der Waals surface area contributed by atoms with Gasteiger partial charge in [0, 0.05) is 37.7 Å². The molecule has 2 saturated heterocycles. The molecule has 0 radical (unpaired) electrons. The maximum absolute atomic E-state index is 12.9. The summed E-state index contributed by atoms with van der Waals surface area (Å²) in [6.07, 6.45) is 5.31. The molecule has 2 aromatic carbocycles. The van der Waals surface area contributed by atoms with Crippen molar-refractivity contribution in [3.63, 3.8) is 0 Å². The Kier molecular flexibility index (Phi) is 7.13. The Morgan fingerprint density at radius 2 is 1.68 bits per heavy atom. The van der Waals surface area contributed by atoms with Crippen LogP contribution < -0.4 is 4.74 Å². The van der Waals surface area contributed by atoms with Gasteiger partial charge in [0.05, 0.1) is 17.2 Å². The molecule has 2 heterocycles. The first-order chi connectivity index (χ1) is 15.1. The number of piperidine rings is 2. The largest absolute Gasteiger partial charge is 0.493 e. The number of carbonyl (C=O) groups is 2. The lowest BCUT2D eigenvalue weighted by Crippen LogP contribution is -2.41. The van der Waals surface area contributed by atoms with Crippen molar-refractivity contribution in [3.8, 4) is 5.75 Å². The topological polar surface area (TPSA) is 49.9 Å². The second-order valence-electron chi connectivity index (χ2n) is 8.43. The molecule has 1 atom stereocenters. The van der Waals surface area contributed by atoms with Crippen LogP contribution in [0.2, 0.25) is 5.02 Å². The minimum absolute atomic E-state index is 0.0237. The van der Waals surface area contributed by atoms with E-state index in [1.54, 1.807) is 12.1 Å². The van der Waals surface area contributed by atoms with Gasteiger partial charge in [0.25, 0.3) is 11.8 Å². The van der Waals surface area contributed by atoms with Crippen molar-refractivity contribution in [1.82, 2.24) is 9.80 Å². The maximum Gasteiger partial charge on any atom is 0.255 e. The molecule has 2 fully saturated rings. The fourth-order valence-corrected chi connectivity index (χ4v) is 4.62. The fourth-order valence-electron chi connectivity index (χ4n) is 4.40. The number of halogens is 1. The lowest BCUT2D eigenvalue weighted by Gasteiger charge is -2.33. The third-order valence-corrected chi connectivity index (χ3v) is 6.45. The number of likely N-dealkylation sites (tertiary alicyclic amines) is 2. The molecule has 31 heavy (non-hydrogen) atoms. The van der Waals surface area contributed by atoms with Gasteiger partial charge >= 0.3 is 0 Å². The van der Waals surface area contributed by atoms with E-state index in [2.05, 4.69) is 0 Å². The number of hydrogen-bond donors (Lipinski definition) is 0.